The van der Waals surface area contributed by atoms with E-state index in [0.29, 0.717) is 6.61 Å². The van der Waals surface area contributed by atoms with Crippen LogP contribution >= 0.6 is 0 Å². The van der Waals surface area contributed by atoms with Crippen LogP contribution in [0, 0.1) is 12.3 Å². The number of aryl methyl sites for hydroxylation is 1. The number of hydrogen-bond donors (Lipinski definition) is 0. The SMILES string of the molecule is C=CCC.C=CCOc1ccc2c(c1)OC1=CC(=O)C=CC13CC23c1ccccc1C. The van der Waals surface area contributed by atoms with Crippen molar-refractivity contribution in [2.75, 3.05) is 6.61 Å². The van der Waals surface area contributed by atoms with Crippen LogP contribution in [0.1, 0.15) is 36.5 Å². The largest absolute Gasteiger partial charge is 0.489 e. The molecule has 2 aromatic carbocycles. The standard InChI is InChI=1S/C24H20O3.C4H8/c1-3-12-26-18-8-9-20-21(14-18)27-22-13-17(25)10-11-23(22)15-24(20,23)19-7-5-4-6-16(19)2;1-3-4-2/h3-11,13-14H,1,12,15H2,2H3;3H,1,4H2,2H3. The quantitative estimate of drug-likeness (QED) is 0.546. The monoisotopic (exact) mass is 412 g/mol. The fourth-order valence-corrected chi connectivity index (χ4v) is 4.78. The second-order valence-electron chi connectivity index (χ2n) is 8.17. The number of benzene rings is 2. The molecule has 0 aromatic heterocycles. The number of allylic oxidation sites excluding steroid dienone is 4. The first kappa shape index (κ1) is 20.9. The van der Waals surface area contributed by atoms with Gasteiger partial charge in [-0.05, 0) is 43.0 Å². The van der Waals surface area contributed by atoms with Crippen LogP contribution in [0.25, 0.3) is 0 Å². The van der Waals surface area contributed by atoms with Crippen molar-refractivity contribution in [3.8, 4) is 11.5 Å². The minimum atomic E-state index is -0.274. The van der Waals surface area contributed by atoms with Gasteiger partial charge < -0.3 is 9.47 Å². The highest BCUT2D eigenvalue weighted by atomic mass is 16.5. The van der Waals surface area contributed by atoms with Crippen molar-refractivity contribution in [1.29, 1.82) is 0 Å². The molecule has 1 saturated carbocycles. The van der Waals surface area contributed by atoms with Gasteiger partial charge in [-0.1, -0.05) is 62.1 Å². The zero-order valence-corrected chi connectivity index (χ0v) is 18.2. The third-order valence-corrected chi connectivity index (χ3v) is 6.32. The molecule has 3 heteroatoms. The van der Waals surface area contributed by atoms with Crippen LogP contribution in [0.15, 0.2) is 91.8 Å². The van der Waals surface area contributed by atoms with E-state index < -0.39 is 0 Å². The van der Waals surface area contributed by atoms with Crippen molar-refractivity contribution in [3.63, 3.8) is 0 Å². The van der Waals surface area contributed by atoms with Crippen molar-refractivity contribution >= 4 is 5.78 Å². The Hall–Kier alpha value is -3.33. The molecular weight excluding hydrogens is 384 g/mol. The summed E-state index contributed by atoms with van der Waals surface area (Å²) in [4.78, 5) is 12.0. The molecular formula is C28H28O3. The fraction of sp³-hybridized carbons (Fsp3) is 0.250. The highest BCUT2D eigenvalue weighted by Gasteiger charge is 2.74. The van der Waals surface area contributed by atoms with Crippen LogP contribution in [0.3, 0.4) is 0 Å². The zero-order valence-electron chi connectivity index (χ0n) is 18.2. The van der Waals surface area contributed by atoms with Gasteiger partial charge in [-0.25, -0.2) is 0 Å². The van der Waals surface area contributed by atoms with E-state index in [9.17, 15) is 4.79 Å². The Morgan fingerprint density at radius 1 is 1.13 bits per heavy atom. The van der Waals surface area contributed by atoms with E-state index in [4.69, 9.17) is 9.47 Å². The van der Waals surface area contributed by atoms with Gasteiger partial charge in [0.05, 0.1) is 5.41 Å². The summed E-state index contributed by atoms with van der Waals surface area (Å²) >= 11 is 0. The van der Waals surface area contributed by atoms with Crippen LogP contribution in [0.5, 0.6) is 11.5 Å². The Labute approximate surface area is 184 Å². The average Bonchev–Trinajstić information content (AvgIpc) is 3.47. The fourth-order valence-electron chi connectivity index (χ4n) is 4.78. The van der Waals surface area contributed by atoms with Gasteiger partial charge in [0, 0.05) is 23.1 Å². The Kier molecular flexibility index (Phi) is 5.45. The predicted molar refractivity (Wildman–Crippen MR) is 124 cm³/mol. The summed E-state index contributed by atoms with van der Waals surface area (Å²) in [6.45, 7) is 11.8. The highest BCUT2D eigenvalue weighted by molar-refractivity contribution is 6.01. The Morgan fingerprint density at radius 2 is 1.90 bits per heavy atom. The number of carbonyl (C=O) groups is 1. The molecule has 3 aliphatic rings. The van der Waals surface area contributed by atoms with E-state index >= 15 is 0 Å². The van der Waals surface area contributed by atoms with Gasteiger partial charge in [0.25, 0.3) is 0 Å². The van der Waals surface area contributed by atoms with Crippen molar-refractivity contribution in [2.24, 2.45) is 5.41 Å². The highest BCUT2D eigenvalue weighted by Crippen LogP contribution is 2.76. The van der Waals surface area contributed by atoms with Gasteiger partial charge in [0.2, 0.25) is 0 Å². The molecule has 158 valence electrons. The zero-order chi connectivity index (χ0) is 22.1. The summed E-state index contributed by atoms with van der Waals surface area (Å²) in [5.74, 6) is 2.22. The van der Waals surface area contributed by atoms with Crippen molar-refractivity contribution in [2.45, 2.75) is 32.1 Å². The summed E-state index contributed by atoms with van der Waals surface area (Å²) in [6.07, 6.45) is 10.9. The molecule has 0 amide bonds. The molecule has 1 fully saturated rings. The maximum atomic E-state index is 12.0. The van der Waals surface area contributed by atoms with Gasteiger partial charge in [-0.15, -0.1) is 6.58 Å². The number of ether oxygens (including phenoxy) is 2. The Balaban J connectivity index is 0.000000535. The number of hydrogen-bond acceptors (Lipinski definition) is 3. The van der Waals surface area contributed by atoms with Crippen LogP contribution in [-0.2, 0) is 10.2 Å². The molecule has 0 saturated heterocycles. The van der Waals surface area contributed by atoms with Crippen molar-refractivity contribution in [1.82, 2.24) is 0 Å². The van der Waals surface area contributed by atoms with Crippen LogP contribution in [0.2, 0.25) is 0 Å². The molecule has 2 aliphatic carbocycles. The summed E-state index contributed by atoms with van der Waals surface area (Å²) in [5.41, 5.74) is 3.21. The molecule has 1 aliphatic heterocycles. The Morgan fingerprint density at radius 3 is 2.61 bits per heavy atom. The molecule has 2 aromatic rings. The molecule has 0 N–H and O–H groups in total. The van der Waals surface area contributed by atoms with Crippen LogP contribution in [0.4, 0.5) is 0 Å². The number of carbonyl (C=O) groups excluding carboxylic acids is 1. The van der Waals surface area contributed by atoms with Gasteiger partial charge in [0.15, 0.2) is 5.78 Å². The molecule has 2 atom stereocenters. The minimum absolute atomic E-state index is 0.0243. The van der Waals surface area contributed by atoms with E-state index in [2.05, 4.69) is 57.3 Å². The molecule has 2 unspecified atom stereocenters. The first-order valence-electron chi connectivity index (χ1n) is 10.7. The summed E-state index contributed by atoms with van der Waals surface area (Å²) in [7, 11) is 0. The third-order valence-electron chi connectivity index (χ3n) is 6.32. The van der Waals surface area contributed by atoms with E-state index in [1.165, 1.54) is 11.1 Å². The van der Waals surface area contributed by atoms with Crippen LogP contribution in [-0.4, -0.2) is 12.4 Å². The minimum Gasteiger partial charge on any atom is -0.489 e. The van der Waals surface area contributed by atoms with E-state index in [1.54, 1.807) is 18.2 Å². The van der Waals surface area contributed by atoms with Gasteiger partial charge >= 0.3 is 0 Å². The van der Waals surface area contributed by atoms with E-state index in [1.807, 2.05) is 24.3 Å². The smallest absolute Gasteiger partial charge is 0.181 e. The lowest BCUT2D eigenvalue weighted by molar-refractivity contribution is -0.110. The predicted octanol–water partition coefficient (Wildman–Crippen LogP) is 6.23. The van der Waals surface area contributed by atoms with Crippen LogP contribution < -0.4 is 9.47 Å². The topological polar surface area (TPSA) is 35.5 Å². The number of fused-ring (bicyclic) bond motifs is 2. The molecule has 1 heterocycles. The van der Waals surface area contributed by atoms with Crippen molar-refractivity contribution in [3.05, 3.63) is 108 Å². The molecule has 0 bridgehead atoms. The molecule has 0 radical (unpaired) electrons. The normalized spacial score (nSPS) is 24.2. The lowest BCUT2D eigenvalue weighted by Gasteiger charge is -2.35. The molecule has 1 spiro atoms. The van der Waals surface area contributed by atoms with Gasteiger partial charge in [0.1, 0.15) is 23.9 Å². The van der Waals surface area contributed by atoms with E-state index in [0.717, 1.165) is 35.7 Å². The third kappa shape index (κ3) is 3.25. The first-order valence-corrected chi connectivity index (χ1v) is 10.7. The second-order valence-corrected chi connectivity index (χ2v) is 8.17. The molecule has 3 nitrogen and oxygen atoms in total. The molecule has 5 rings (SSSR count). The lowest BCUT2D eigenvalue weighted by atomic mass is 9.74. The maximum Gasteiger partial charge on any atom is 0.181 e. The van der Waals surface area contributed by atoms with Crippen molar-refractivity contribution < 1.29 is 14.3 Å². The first-order chi connectivity index (χ1) is 15.0. The van der Waals surface area contributed by atoms with Gasteiger partial charge in [-0.2, -0.15) is 0 Å². The summed E-state index contributed by atoms with van der Waals surface area (Å²) in [6, 6.07) is 14.5. The van der Waals surface area contributed by atoms with E-state index in [-0.39, 0.29) is 16.6 Å². The Bertz CT molecular complexity index is 1110. The molecule has 31 heavy (non-hydrogen) atoms. The van der Waals surface area contributed by atoms with Gasteiger partial charge in [-0.3, -0.25) is 4.79 Å². The summed E-state index contributed by atoms with van der Waals surface area (Å²) < 4.78 is 11.9. The maximum absolute atomic E-state index is 12.0. The number of ketones is 1. The number of rotatable bonds is 5. The lowest BCUT2D eigenvalue weighted by Crippen LogP contribution is -2.31. The summed E-state index contributed by atoms with van der Waals surface area (Å²) in [5, 5.41) is 0. The second kappa shape index (κ2) is 8.07. The average molecular weight is 413 g/mol.